The molecule has 7 nitrogen and oxygen atoms in total. The predicted octanol–water partition coefficient (Wildman–Crippen LogP) is 1.75. The van der Waals surface area contributed by atoms with Gasteiger partial charge in [-0.05, 0) is 19.1 Å². The molecule has 0 saturated carbocycles. The highest BCUT2D eigenvalue weighted by Gasteiger charge is 2.18. The largest absolute Gasteiger partial charge is 0.344 e. The van der Waals surface area contributed by atoms with Crippen LogP contribution in [0.25, 0.3) is 11.3 Å². The van der Waals surface area contributed by atoms with Crippen molar-refractivity contribution in [3.8, 4) is 11.3 Å². The minimum absolute atomic E-state index is 0.223. The molecular weight excluding hydrogens is 280 g/mol. The third-order valence-corrected chi connectivity index (χ3v) is 3.23. The first-order valence-electron chi connectivity index (χ1n) is 6.76. The molecule has 0 radical (unpaired) electrons. The summed E-state index contributed by atoms with van der Waals surface area (Å²) in [5.74, 6) is -0.223. The molecule has 0 aliphatic rings. The predicted molar refractivity (Wildman–Crippen MR) is 79.7 cm³/mol. The van der Waals surface area contributed by atoms with Gasteiger partial charge >= 0.3 is 0 Å². The first-order chi connectivity index (χ1) is 10.8. The fraction of sp³-hybridized carbons (Fsp3) is 0.133. The monoisotopic (exact) mass is 294 g/mol. The molecule has 110 valence electrons. The number of carbonyl (C=O) groups excluding carboxylic acids is 1. The van der Waals surface area contributed by atoms with Crippen LogP contribution in [0.1, 0.15) is 29.0 Å². The normalized spacial score (nSPS) is 11.9. The molecule has 3 heterocycles. The first-order valence-corrected chi connectivity index (χ1v) is 6.76. The molecule has 0 spiro atoms. The maximum atomic E-state index is 12.4. The van der Waals surface area contributed by atoms with Crippen LogP contribution < -0.4 is 5.32 Å². The van der Waals surface area contributed by atoms with E-state index in [1.54, 1.807) is 31.0 Å². The van der Waals surface area contributed by atoms with E-state index in [0.717, 1.165) is 5.56 Å². The van der Waals surface area contributed by atoms with Gasteiger partial charge in [0.15, 0.2) is 0 Å². The van der Waals surface area contributed by atoms with E-state index in [1.807, 2.05) is 19.1 Å². The molecule has 2 N–H and O–H groups in total. The van der Waals surface area contributed by atoms with Gasteiger partial charge in [0.1, 0.15) is 0 Å². The number of aromatic amines is 1. The summed E-state index contributed by atoms with van der Waals surface area (Å²) < 4.78 is 0. The van der Waals surface area contributed by atoms with Gasteiger partial charge in [-0.3, -0.25) is 24.8 Å². The summed E-state index contributed by atoms with van der Waals surface area (Å²) in [4.78, 5) is 24.6. The smallest absolute Gasteiger partial charge is 0.255 e. The van der Waals surface area contributed by atoms with Crippen LogP contribution in [-0.4, -0.2) is 31.1 Å². The van der Waals surface area contributed by atoms with Crippen molar-refractivity contribution in [1.82, 2.24) is 30.5 Å². The van der Waals surface area contributed by atoms with Crippen molar-refractivity contribution in [1.29, 1.82) is 0 Å². The van der Waals surface area contributed by atoms with E-state index in [2.05, 4.69) is 30.5 Å². The van der Waals surface area contributed by atoms with E-state index in [9.17, 15) is 4.79 Å². The van der Waals surface area contributed by atoms with Crippen LogP contribution in [0, 0.1) is 0 Å². The number of pyridine rings is 1. The maximum absolute atomic E-state index is 12.4. The van der Waals surface area contributed by atoms with Gasteiger partial charge in [-0.15, -0.1) is 0 Å². The van der Waals surface area contributed by atoms with Gasteiger partial charge in [0.2, 0.25) is 0 Å². The molecule has 3 aromatic heterocycles. The molecule has 3 rings (SSSR count). The average Bonchev–Trinajstić information content (AvgIpc) is 3.06. The summed E-state index contributed by atoms with van der Waals surface area (Å²) in [5, 5.41) is 9.71. The molecule has 0 unspecified atom stereocenters. The van der Waals surface area contributed by atoms with Crippen molar-refractivity contribution in [2.45, 2.75) is 13.0 Å². The Kier molecular flexibility index (Phi) is 3.86. The number of hydrogen-bond donors (Lipinski definition) is 2. The molecule has 1 atom stereocenters. The highest BCUT2D eigenvalue weighted by Crippen LogP contribution is 2.20. The number of hydrogen-bond acceptors (Lipinski definition) is 5. The van der Waals surface area contributed by atoms with E-state index in [-0.39, 0.29) is 11.9 Å². The summed E-state index contributed by atoms with van der Waals surface area (Å²) in [7, 11) is 0. The Morgan fingerprint density at radius 2 is 1.95 bits per heavy atom. The van der Waals surface area contributed by atoms with Gasteiger partial charge < -0.3 is 5.32 Å². The third-order valence-electron chi connectivity index (χ3n) is 3.23. The van der Waals surface area contributed by atoms with Crippen LogP contribution in [0.5, 0.6) is 0 Å². The Balaban J connectivity index is 1.81. The summed E-state index contributed by atoms with van der Waals surface area (Å²) in [6.07, 6.45) is 9.66. The number of nitrogens with one attached hydrogen (secondary N) is 2. The second-order valence-corrected chi connectivity index (χ2v) is 4.72. The second kappa shape index (κ2) is 6.13. The van der Waals surface area contributed by atoms with Crippen LogP contribution in [0.3, 0.4) is 0 Å². The Hall–Kier alpha value is -3.09. The van der Waals surface area contributed by atoms with Crippen molar-refractivity contribution in [2.24, 2.45) is 0 Å². The summed E-state index contributed by atoms with van der Waals surface area (Å²) >= 11 is 0. The van der Waals surface area contributed by atoms with E-state index in [1.165, 1.54) is 6.20 Å². The van der Waals surface area contributed by atoms with Crippen molar-refractivity contribution in [3.05, 3.63) is 60.6 Å². The Bertz CT molecular complexity index is 756. The molecule has 22 heavy (non-hydrogen) atoms. The Labute approximate surface area is 126 Å². The van der Waals surface area contributed by atoms with Crippen molar-refractivity contribution < 1.29 is 4.79 Å². The standard InChI is InChI=1S/C15H14N6O/c1-10(13-9-17-6-7-18-13)20-15(22)12-8-19-21-14(12)11-2-4-16-5-3-11/h2-10H,1H3,(H,19,21)(H,20,22)/t10-/m0/s1. The van der Waals surface area contributed by atoms with Crippen LogP contribution in [-0.2, 0) is 0 Å². The van der Waals surface area contributed by atoms with E-state index in [4.69, 9.17) is 0 Å². The highest BCUT2D eigenvalue weighted by molar-refractivity contribution is 5.99. The molecule has 0 fully saturated rings. The Morgan fingerprint density at radius 1 is 1.14 bits per heavy atom. The lowest BCUT2D eigenvalue weighted by Crippen LogP contribution is -2.27. The minimum Gasteiger partial charge on any atom is -0.344 e. The molecule has 1 amide bonds. The molecule has 7 heteroatoms. The fourth-order valence-electron chi connectivity index (χ4n) is 2.08. The fourth-order valence-corrected chi connectivity index (χ4v) is 2.08. The zero-order valence-corrected chi connectivity index (χ0v) is 11.9. The van der Waals surface area contributed by atoms with Crippen LogP contribution >= 0.6 is 0 Å². The van der Waals surface area contributed by atoms with Gasteiger partial charge in [0, 0.05) is 30.4 Å². The van der Waals surface area contributed by atoms with Crippen LogP contribution in [0.15, 0.2) is 49.3 Å². The van der Waals surface area contributed by atoms with Gasteiger partial charge in [-0.2, -0.15) is 5.10 Å². The van der Waals surface area contributed by atoms with E-state index >= 15 is 0 Å². The van der Waals surface area contributed by atoms with E-state index in [0.29, 0.717) is 17.0 Å². The maximum Gasteiger partial charge on any atom is 0.255 e. The molecule has 0 aliphatic heterocycles. The number of amides is 1. The third kappa shape index (κ3) is 2.83. The average molecular weight is 294 g/mol. The topological polar surface area (TPSA) is 96.5 Å². The number of carbonyl (C=O) groups is 1. The highest BCUT2D eigenvalue weighted by atomic mass is 16.1. The Morgan fingerprint density at radius 3 is 2.68 bits per heavy atom. The van der Waals surface area contributed by atoms with Crippen molar-refractivity contribution >= 4 is 5.91 Å². The van der Waals surface area contributed by atoms with E-state index < -0.39 is 0 Å². The lowest BCUT2D eigenvalue weighted by molar-refractivity contribution is 0.0940. The lowest BCUT2D eigenvalue weighted by atomic mass is 10.1. The molecule has 0 aromatic carbocycles. The van der Waals surface area contributed by atoms with Crippen molar-refractivity contribution in [2.75, 3.05) is 0 Å². The molecule has 3 aromatic rings. The summed E-state index contributed by atoms with van der Waals surface area (Å²) in [6.45, 7) is 1.86. The number of H-pyrrole nitrogens is 1. The molecule has 0 aliphatic carbocycles. The first kappa shape index (κ1) is 13.9. The number of nitrogens with zero attached hydrogens (tertiary/aromatic N) is 4. The number of rotatable bonds is 4. The summed E-state index contributed by atoms with van der Waals surface area (Å²) in [6, 6.07) is 3.38. The summed E-state index contributed by atoms with van der Waals surface area (Å²) in [5.41, 5.74) is 2.68. The minimum atomic E-state index is -0.249. The van der Waals surface area contributed by atoms with Crippen LogP contribution in [0.2, 0.25) is 0 Å². The van der Waals surface area contributed by atoms with Gasteiger partial charge in [0.25, 0.3) is 5.91 Å². The van der Waals surface area contributed by atoms with Crippen molar-refractivity contribution in [3.63, 3.8) is 0 Å². The zero-order chi connectivity index (χ0) is 15.4. The quantitative estimate of drug-likeness (QED) is 0.764. The molecule has 0 saturated heterocycles. The number of aromatic nitrogens is 5. The van der Waals surface area contributed by atoms with Gasteiger partial charge in [-0.25, -0.2) is 0 Å². The zero-order valence-electron chi connectivity index (χ0n) is 11.9. The SMILES string of the molecule is C[C@H](NC(=O)c1cn[nH]c1-c1ccncc1)c1cnccn1. The van der Waals surface area contributed by atoms with Gasteiger partial charge in [0.05, 0.1) is 35.4 Å². The second-order valence-electron chi connectivity index (χ2n) is 4.72. The molecular formula is C15H14N6O. The lowest BCUT2D eigenvalue weighted by Gasteiger charge is -2.12. The van der Waals surface area contributed by atoms with Gasteiger partial charge in [-0.1, -0.05) is 0 Å². The molecule has 0 bridgehead atoms. The van der Waals surface area contributed by atoms with Crippen LogP contribution in [0.4, 0.5) is 0 Å².